The highest BCUT2D eigenvalue weighted by molar-refractivity contribution is 5.91. The minimum absolute atomic E-state index is 0.0423. The van der Waals surface area contributed by atoms with E-state index < -0.39 is 0 Å². The molecule has 70 valence electrons. The number of nitrogens with two attached hydrogens (primary N) is 1. The Morgan fingerprint density at radius 2 is 2.23 bits per heavy atom. The molecule has 0 aliphatic carbocycles. The summed E-state index contributed by atoms with van der Waals surface area (Å²) in [7, 11) is 0. The third kappa shape index (κ3) is 2.74. The van der Waals surface area contributed by atoms with Crippen molar-refractivity contribution in [2.75, 3.05) is 11.1 Å². The van der Waals surface area contributed by atoms with Crippen molar-refractivity contribution in [2.24, 2.45) is 5.92 Å². The van der Waals surface area contributed by atoms with Gasteiger partial charge in [-0.25, -0.2) is 4.98 Å². The summed E-state index contributed by atoms with van der Waals surface area (Å²) in [6.45, 7) is 3.65. The fourth-order valence-electron chi connectivity index (χ4n) is 0.750. The van der Waals surface area contributed by atoms with Crippen LogP contribution in [0.5, 0.6) is 0 Å². The first kappa shape index (κ1) is 9.51. The summed E-state index contributed by atoms with van der Waals surface area (Å²) in [5.41, 5.74) is 6.03. The maximum atomic E-state index is 11.2. The Labute approximate surface area is 77.2 Å². The van der Waals surface area contributed by atoms with Crippen molar-refractivity contribution >= 4 is 17.4 Å². The topological polar surface area (TPSA) is 68.0 Å². The van der Waals surface area contributed by atoms with E-state index in [4.69, 9.17) is 5.73 Å². The summed E-state index contributed by atoms with van der Waals surface area (Å²) in [5.74, 6) is 0.449. The second-order valence-corrected chi connectivity index (χ2v) is 3.12. The molecule has 0 radical (unpaired) electrons. The van der Waals surface area contributed by atoms with Gasteiger partial charge < -0.3 is 11.1 Å². The van der Waals surface area contributed by atoms with E-state index in [9.17, 15) is 4.79 Å². The van der Waals surface area contributed by atoms with Crippen LogP contribution in [-0.4, -0.2) is 10.9 Å². The van der Waals surface area contributed by atoms with Crippen LogP contribution in [0.1, 0.15) is 13.8 Å². The van der Waals surface area contributed by atoms with E-state index >= 15 is 0 Å². The summed E-state index contributed by atoms with van der Waals surface area (Å²) >= 11 is 0. The van der Waals surface area contributed by atoms with Gasteiger partial charge in [0.15, 0.2) is 0 Å². The number of aromatic nitrogens is 1. The zero-order chi connectivity index (χ0) is 9.84. The molecule has 4 nitrogen and oxygen atoms in total. The highest BCUT2D eigenvalue weighted by Gasteiger charge is 2.06. The highest BCUT2D eigenvalue weighted by Crippen LogP contribution is 2.07. The molecule has 0 atom stereocenters. The largest absolute Gasteiger partial charge is 0.397 e. The van der Waals surface area contributed by atoms with E-state index in [-0.39, 0.29) is 11.8 Å². The molecule has 3 N–H and O–H groups in total. The number of anilines is 2. The van der Waals surface area contributed by atoms with Gasteiger partial charge in [0.1, 0.15) is 5.82 Å². The summed E-state index contributed by atoms with van der Waals surface area (Å²) in [6, 6.07) is 3.37. The molecule has 1 heterocycles. The second kappa shape index (κ2) is 3.89. The molecular weight excluding hydrogens is 166 g/mol. The van der Waals surface area contributed by atoms with Gasteiger partial charge in [-0.3, -0.25) is 4.79 Å². The van der Waals surface area contributed by atoms with Crippen molar-refractivity contribution in [1.29, 1.82) is 0 Å². The van der Waals surface area contributed by atoms with Crippen LogP contribution in [0.4, 0.5) is 11.5 Å². The molecule has 0 spiro atoms. The summed E-state index contributed by atoms with van der Waals surface area (Å²) in [4.78, 5) is 15.2. The molecule has 13 heavy (non-hydrogen) atoms. The minimum Gasteiger partial charge on any atom is -0.397 e. The average molecular weight is 179 g/mol. The third-order valence-corrected chi connectivity index (χ3v) is 1.56. The van der Waals surface area contributed by atoms with E-state index in [2.05, 4.69) is 10.3 Å². The molecule has 4 heteroatoms. The van der Waals surface area contributed by atoms with Crippen molar-refractivity contribution in [2.45, 2.75) is 13.8 Å². The predicted molar refractivity (Wildman–Crippen MR) is 52.1 cm³/mol. The van der Waals surface area contributed by atoms with Crippen LogP contribution < -0.4 is 11.1 Å². The van der Waals surface area contributed by atoms with E-state index in [0.717, 1.165) is 0 Å². The number of hydrogen-bond acceptors (Lipinski definition) is 3. The molecule has 0 unspecified atom stereocenters. The van der Waals surface area contributed by atoms with Crippen LogP contribution in [0, 0.1) is 5.92 Å². The maximum Gasteiger partial charge on any atom is 0.228 e. The van der Waals surface area contributed by atoms with Crippen LogP contribution in [0.15, 0.2) is 18.3 Å². The van der Waals surface area contributed by atoms with Crippen molar-refractivity contribution in [1.82, 2.24) is 4.98 Å². The predicted octanol–water partition coefficient (Wildman–Crippen LogP) is 1.26. The lowest BCUT2D eigenvalue weighted by Crippen LogP contribution is -2.18. The summed E-state index contributed by atoms with van der Waals surface area (Å²) < 4.78 is 0. The normalized spacial score (nSPS) is 10.1. The Morgan fingerprint density at radius 1 is 1.54 bits per heavy atom. The zero-order valence-corrected chi connectivity index (χ0v) is 7.74. The van der Waals surface area contributed by atoms with Gasteiger partial charge in [-0.15, -0.1) is 0 Å². The van der Waals surface area contributed by atoms with Crippen LogP contribution in [0.2, 0.25) is 0 Å². The van der Waals surface area contributed by atoms with Gasteiger partial charge in [0, 0.05) is 5.92 Å². The lowest BCUT2D eigenvalue weighted by molar-refractivity contribution is -0.118. The molecule has 0 aromatic carbocycles. The van der Waals surface area contributed by atoms with Crippen LogP contribution in [-0.2, 0) is 4.79 Å². The zero-order valence-electron chi connectivity index (χ0n) is 7.74. The smallest absolute Gasteiger partial charge is 0.228 e. The SMILES string of the molecule is CC(C)C(=O)Nc1ccc(N)cn1. The number of nitrogens with one attached hydrogen (secondary N) is 1. The van der Waals surface area contributed by atoms with Gasteiger partial charge in [-0.2, -0.15) is 0 Å². The van der Waals surface area contributed by atoms with Crippen LogP contribution >= 0.6 is 0 Å². The minimum atomic E-state index is -0.0442. The number of nitrogens with zero attached hydrogens (tertiary/aromatic N) is 1. The number of nitrogen functional groups attached to an aromatic ring is 1. The molecule has 1 aromatic heterocycles. The standard InChI is InChI=1S/C9H13N3O/c1-6(2)9(13)12-8-4-3-7(10)5-11-8/h3-6H,10H2,1-2H3,(H,11,12,13). The van der Waals surface area contributed by atoms with Crippen molar-refractivity contribution < 1.29 is 4.79 Å². The number of carbonyl (C=O) groups is 1. The monoisotopic (exact) mass is 179 g/mol. The van der Waals surface area contributed by atoms with Crippen molar-refractivity contribution in [3.8, 4) is 0 Å². The number of pyridine rings is 1. The van der Waals surface area contributed by atoms with Gasteiger partial charge in [-0.05, 0) is 12.1 Å². The molecule has 0 aliphatic rings. The maximum absolute atomic E-state index is 11.2. The first-order valence-electron chi connectivity index (χ1n) is 4.12. The van der Waals surface area contributed by atoms with Gasteiger partial charge in [0.05, 0.1) is 11.9 Å². The Kier molecular flexibility index (Phi) is 2.84. The molecule has 1 amide bonds. The summed E-state index contributed by atoms with van der Waals surface area (Å²) in [6.07, 6.45) is 1.51. The van der Waals surface area contributed by atoms with Gasteiger partial charge in [-0.1, -0.05) is 13.8 Å². The fourth-order valence-corrected chi connectivity index (χ4v) is 0.750. The molecular formula is C9H13N3O. The Bertz CT molecular complexity index is 292. The number of carbonyl (C=O) groups excluding carboxylic acids is 1. The average Bonchev–Trinajstić information content (AvgIpc) is 2.08. The van der Waals surface area contributed by atoms with E-state index in [1.54, 1.807) is 12.1 Å². The first-order chi connectivity index (χ1) is 6.09. The van der Waals surface area contributed by atoms with Crippen molar-refractivity contribution in [3.05, 3.63) is 18.3 Å². The Hall–Kier alpha value is -1.58. The Morgan fingerprint density at radius 3 is 2.69 bits per heavy atom. The second-order valence-electron chi connectivity index (χ2n) is 3.12. The van der Waals surface area contributed by atoms with Gasteiger partial charge >= 0.3 is 0 Å². The third-order valence-electron chi connectivity index (χ3n) is 1.56. The molecule has 0 fully saturated rings. The van der Waals surface area contributed by atoms with E-state index in [0.29, 0.717) is 11.5 Å². The molecule has 0 aliphatic heterocycles. The van der Waals surface area contributed by atoms with Crippen LogP contribution in [0.25, 0.3) is 0 Å². The number of amides is 1. The van der Waals surface area contributed by atoms with Gasteiger partial charge in [0.2, 0.25) is 5.91 Å². The molecule has 1 rings (SSSR count). The molecule has 0 saturated heterocycles. The van der Waals surface area contributed by atoms with Crippen molar-refractivity contribution in [3.63, 3.8) is 0 Å². The number of rotatable bonds is 2. The molecule has 1 aromatic rings. The quantitative estimate of drug-likeness (QED) is 0.718. The lowest BCUT2D eigenvalue weighted by Gasteiger charge is -2.06. The fraction of sp³-hybridized carbons (Fsp3) is 0.333. The first-order valence-corrected chi connectivity index (χ1v) is 4.12. The van der Waals surface area contributed by atoms with E-state index in [1.807, 2.05) is 13.8 Å². The lowest BCUT2D eigenvalue weighted by atomic mass is 10.2. The van der Waals surface area contributed by atoms with Gasteiger partial charge in [0.25, 0.3) is 0 Å². The summed E-state index contributed by atoms with van der Waals surface area (Å²) in [5, 5.41) is 2.66. The van der Waals surface area contributed by atoms with E-state index in [1.165, 1.54) is 6.20 Å². The molecule has 0 saturated carbocycles. The Balaban J connectivity index is 2.65. The highest BCUT2D eigenvalue weighted by atomic mass is 16.1. The van der Waals surface area contributed by atoms with Crippen LogP contribution in [0.3, 0.4) is 0 Å². The number of hydrogen-bond donors (Lipinski definition) is 2. The molecule has 0 bridgehead atoms.